The molecule has 2 aliphatic heterocycles. The molecular weight excluding hydrogens is 444 g/mol. The van der Waals surface area contributed by atoms with Gasteiger partial charge >= 0.3 is 0 Å². The lowest BCUT2D eigenvalue weighted by molar-refractivity contribution is -0.0746. The first kappa shape index (κ1) is 21.9. The number of nitriles is 1. The fraction of sp³-hybridized carbons (Fsp3) is 0.423. The molecule has 1 amide bonds. The van der Waals surface area contributed by atoms with Crippen LogP contribution in [0.5, 0.6) is 5.75 Å². The van der Waals surface area contributed by atoms with Crippen molar-refractivity contribution >= 4 is 28.4 Å². The maximum absolute atomic E-state index is 13.2. The summed E-state index contributed by atoms with van der Waals surface area (Å²) in [7, 11) is 1.60. The van der Waals surface area contributed by atoms with E-state index in [4.69, 9.17) is 9.47 Å². The van der Waals surface area contributed by atoms with Crippen molar-refractivity contribution in [1.82, 2.24) is 19.8 Å². The predicted molar refractivity (Wildman–Crippen MR) is 131 cm³/mol. The monoisotopic (exact) mass is 472 g/mol. The van der Waals surface area contributed by atoms with Crippen LogP contribution in [-0.4, -0.2) is 78.2 Å². The van der Waals surface area contributed by atoms with Crippen LogP contribution in [-0.2, 0) is 4.74 Å². The molecule has 4 heterocycles. The van der Waals surface area contributed by atoms with Gasteiger partial charge in [-0.25, -0.2) is 4.98 Å². The molecule has 0 bridgehead atoms. The minimum absolute atomic E-state index is 0.0188. The fourth-order valence-corrected chi connectivity index (χ4v) is 5.01. The van der Waals surface area contributed by atoms with E-state index in [1.807, 2.05) is 23.1 Å². The van der Waals surface area contributed by atoms with Crippen molar-refractivity contribution < 1.29 is 14.3 Å². The molecule has 35 heavy (non-hydrogen) atoms. The lowest BCUT2D eigenvalue weighted by Gasteiger charge is -2.42. The maximum atomic E-state index is 13.2. The van der Waals surface area contributed by atoms with E-state index < -0.39 is 0 Å². The molecule has 0 unspecified atom stereocenters. The Morgan fingerprint density at radius 3 is 2.69 bits per heavy atom. The van der Waals surface area contributed by atoms with E-state index in [1.165, 1.54) is 0 Å². The number of nitrogens with one attached hydrogen (secondary N) is 2. The predicted octanol–water partition coefficient (Wildman–Crippen LogP) is 3.22. The van der Waals surface area contributed by atoms with Crippen LogP contribution in [0.1, 0.15) is 40.2 Å². The zero-order valence-electron chi connectivity index (χ0n) is 19.7. The number of amides is 1. The number of ether oxygens (including phenoxy) is 2. The molecule has 2 saturated heterocycles. The molecule has 2 N–H and O–H groups in total. The quantitative estimate of drug-likeness (QED) is 0.567. The molecule has 1 saturated carbocycles. The number of anilines is 2. The van der Waals surface area contributed by atoms with Crippen LogP contribution in [0.2, 0.25) is 0 Å². The Labute approximate surface area is 203 Å². The Balaban J connectivity index is 1.21. The molecule has 9 heteroatoms. The van der Waals surface area contributed by atoms with Gasteiger partial charge in [0.05, 0.1) is 37.6 Å². The van der Waals surface area contributed by atoms with E-state index in [0.29, 0.717) is 53.4 Å². The smallest absolute Gasteiger partial charge is 0.254 e. The second-order valence-corrected chi connectivity index (χ2v) is 9.47. The number of carbonyl (C=O) groups is 1. The number of aromatic nitrogens is 2. The number of nitrogens with zero attached hydrogens (tertiary/aromatic N) is 4. The van der Waals surface area contributed by atoms with Crippen molar-refractivity contribution in [1.29, 1.82) is 5.26 Å². The highest BCUT2D eigenvalue weighted by molar-refractivity contribution is 5.95. The third-order valence-electron chi connectivity index (χ3n) is 7.26. The molecule has 0 atom stereocenters. The topological polar surface area (TPSA) is 107 Å². The lowest BCUT2D eigenvalue weighted by Crippen LogP contribution is -2.57. The van der Waals surface area contributed by atoms with E-state index >= 15 is 0 Å². The molecule has 1 aliphatic carbocycles. The number of rotatable bonds is 6. The first-order chi connectivity index (χ1) is 17.1. The van der Waals surface area contributed by atoms with Gasteiger partial charge in [0.15, 0.2) is 0 Å². The first-order valence-electron chi connectivity index (χ1n) is 12.1. The second kappa shape index (κ2) is 8.87. The molecule has 0 radical (unpaired) electrons. The van der Waals surface area contributed by atoms with Crippen molar-refractivity contribution in [3.8, 4) is 11.8 Å². The summed E-state index contributed by atoms with van der Waals surface area (Å²) in [5, 5.41) is 13.7. The zero-order valence-corrected chi connectivity index (χ0v) is 19.7. The molecule has 6 rings (SSSR count). The Morgan fingerprint density at radius 2 is 2.03 bits per heavy atom. The van der Waals surface area contributed by atoms with E-state index in [-0.39, 0.29) is 5.91 Å². The summed E-state index contributed by atoms with van der Waals surface area (Å²) in [6.45, 7) is 4.78. The number of hydrogen-bond donors (Lipinski definition) is 2. The van der Waals surface area contributed by atoms with E-state index in [1.54, 1.807) is 19.4 Å². The zero-order chi connectivity index (χ0) is 23.9. The Bertz CT molecular complexity index is 1310. The Hall–Kier alpha value is -3.61. The first-order valence-corrected chi connectivity index (χ1v) is 12.1. The third kappa shape index (κ3) is 4.09. The van der Waals surface area contributed by atoms with Gasteiger partial charge in [0.25, 0.3) is 5.91 Å². The number of benzene rings is 1. The van der Waals surface area contributed by atoms with Gasteiger partial charge in [-0.05, 0) is 48.6 Å². The van der Waals surface area contributed by atoms with Gasteiger partial charge in [0, 0.05) is 43.3 Å². The maximum Gasteiger partial charge on any atom is 0.254 e. The molecule has 0 spiro atoms. The van der Waals surface area contributed by atoms with Gasteiger partial charge in [0.1, 0.15) is 23.3 Å². The number of fused-ring (bicyclic) bond motifs is 1. The van der Waals surface area contributed by atoms with Crippen LogP contribution in [0.15, 0.2) is 30.5 Å². The standard InChI is InChI=1S/C26H28N6O3/c1-34-22-10-17(26(33)32-8-6-31(7-9-32)19-14-35-15-19)4-5-21(22)29-23-11-20(16-2-3-16)24-18(12-27)13-28-25(24)30-23/h4-5,10-11,13,16,19H,2-3,6-9,14-15H2,1H3,(H2,28,29,30). The highest BCUT2D eigenvalue weighted by Crippen LogP contribution is 2.44. The molecule has 2 aromatic heterocycles. The van der Waals surface area contributed by atoms with Gasteiger partial charge in [0.2, 0.25) is 0 Å². The van der Waals surface area contributed by atoms with Crippen molar-refractivity contribution in [3.63, 3.8) is 0 Å². The number of carbonyl (C=O) groups excluding carboxylic acids is 1. The third-order valence-corrected chi connectivity index (χ3v) is 7.26. The van der Waals surface area contributed by atoms with Gasteiger partial charge in [-0.15, -0.1) is 0 Å². The number of methoxy groups -OCH3 is 1. The van der Waals surface area contributed by atoms with E-state index in [9.17, 15) is 10.1 Å². The summed E-state index contributed by atoms with van der Waals surface area (Å²) >= 11 is 0. The Morgan fingerprint density at radius 1 is 1.23 bits per heavy atom. The summed E-state index contributed by atoms with van der Waals surface area (Å²) < 4.78 is 10.9. The summed E-state index contributed by atoms with van der Waals surface area (Å²) in [6, 6.07) is 10.3. The SMILES string of the molecule is COc1cc(C(=O)N2CCN(C3COC3)CC2)ccc1Nc1cc(C2CC2)c2c(C#N)c[nH]c2n1. The van der Waals surface area contributed by atoms with Crippen LogP contribution in [0.3, 0.4) is 0 Å². The molecule has 3 aliphatic rings. The van der Waals surface area contributed by atoms with E-state index in [2.05, 4.69) is 26.3 Å². The largest absolute Gasteiger partial charge is 0.495 e. The molecule has 3 aromatic rings. The van der Waals surface area contributed by atoms with Gasteiger partial charge in [-0.3, -0.25) is 9.69 Å². The van der Waals surface area contributed by atoms with Crippen LogP contribution < -0.4 is 10.1 Å². The second-order valence-electron chi connectivity index (χ2n) is 9.47. The number of piperazine rings is 1. The van der Waals surface area contributed by atoms with Gasteiger partial charge < -0.3 is 24.7 Å². The minimum Gasteiger partial charge on any atom is -0.495 e. The van der Waals surface area contributed by atoms with Crippen molar-refractivity contribution in [3.05, 3.63) is 47.2 Å². The van der Waals surface area contributed by atoms with E-state index in [0.717, 1.165) is 55.8 Å². The van der Waals surface area contributed by atoms with Crippen LogP contribution in [0.25, 0.3) is 11.0 Å². The summed E-state index contributed by atoms with van der Waals surface area (Å²) in [5.74, 6) is 1.74. The summed E-state index contributed by atoms with van der Waals surface area (Å²) in [4.78, 5) is 25.3. The highest BCUT2D eigenvalue weighted by Gasteiger charge is 2.31. The highest BCUT2D eigenvalue weighted by atomic mass is 16.5. The Kier molecular flexibility index (Phi) is 5.55. The molecular formula is C26H28N6O3. The van der Waals surface area contributed by atoms with Crippen molar-refractivity contribution in [2.45, 2.75) is 24.8 Å². The van der Waals surface area contributed by atoms with Crippen LogP contribution in [0, 0.1) is 11.3 Å². The number of hydrogen-bond acceptors (Lipinski definition) is 7. The minimum atomic E-state index is 0.0188. The van der Waals surface area contributed by atoms with Crippen LogP contribution in [0.4, 0.5) is 11.5 Å². The number of aromatic amines is 1. The number of H-pyrrole nitrogens is 1. The normalized spacial score (nSPS) is 18.8. The van der Waals surface area contributed by atoms with Crippen LogP contribution >= 0.6 is 0 Å². The molecule has 3 fully saturated rings. The lowest BCUT2D eigenvalue weighted by atomic mass is 10.1. The summed E-state index contributed by atoms with van der Waals surface area (Å²) in [5.41, 5.74) is 3.82. The van der Waals surface area contributed by atoms with Crippen molar-refractivity contribution in [2.24, 2.45) is 0 Å². The van der Waals surface area contributed by atoms with Crippen molar-refractivity contribution in [2.75, 3.05) is 51.8 Å². The molecule has 9 nitrogen and oxygen atoms in total. The van der Waals surface area contributed by atoms with Gasteiger partial charge in [-0.2, -0.15) is 5.26 Å². The fourth-order valence-electron chi connectivity index (χ4n) is 5.01. The van der Waals surface area contributed by atoms with Gasteiger partial charge in [-0.1, -0.05) is 0 Å². The molecule has 1 aromatic carbocycles. The average molecular weight is 473 g/mol. The summed E-state index contributed by atoms with van der Waals surface area (Å²) in [6.07, 6.45) is 3.96. The average Bonchev–Trinajstić information content (AvgIpc) is 3.62. The molecule has 180 valence electrons. The number of pyridine rings is 1.